The van der Waals surface area contributed by atoms with E-state index in [9.17, 15) is 14.0 Å². The van der Waals surface area contributed by atoms with E-state index in [0.717, 1.165) is 15.8 Å². The van der Waals surface area contributed by atoms with Crippen molar-refractivity contribution in [2.75, 3.05) is 7.11 Å². The third-order valence-corrected chi connectivity index (χ3v) is 4.70. The first-order chi connectivity index (χ1) is 12.0. The molecule has 0 aliphatic rings. The Morgan fingerprint density at radius 3 is 2.72 bits per heavy atom. The van der Waals surface area contributed by atoms with Crippen molar-refractivity contribution in [1.82, 2.24) is 4.57 Å². The molecular formula is C18H15FN2O3S. The summed E-state index contributed by atoms with van der Waals surface area (Å²) in [5, 5.41) is 0. The van der Waals surface area contributed by atoms with Gasteiger partial charge in [0.05, 0.1) is 22.9 Å². The van der Waals surface area contributed by atoms with Gasteiger partial charge in [0.1, 0.15) is 12.4 Å². The average Bonchev–Trinajstić information content (AvgIpc) is 2.91. The monoisotopic (exact) mass is 358 g/mol. The summed E-state index contributed by atoms with van der Waals surface area (Å²) in [6.45, 7) is 1.87. The Kier molecular flexibility index (Phi) is 4.76. The van der Waals surface area contributed by atoms with Crippen LogP contribution in [0.5, 0.6) is 0 Å². The van der Waals surface area contributed by atoms with Gasteiger partial charge in [-0.15, -0.1) is 0 Å². The highest BCUT2D eigenvalue weighted by Gasteiger charge is 2.14. The number of rotatable bonds is 3. The number of aromatic nitrogens is 1. The number of halogens is 1. The molecule has 0 atom stereocenters. The summed E-state index contributed by atoms with van der Waals surface area (Å²) in [4.78, 5) is 28.4. The molecule has 25 heavy (non-hydrogen) atoms. The molecule has 1 heterocycles. The molecule has 0 fully saturated rings. The molecule has 128 valence electrons. The lowest BCUT2D eigenvalue weighted by Gasteiger charge is -2.04. The Balaban J connectivity index is 2.17. The zero-order valence-electron chi connectivity index (χ0n) is 13.7. The summed E-state index contributed by atoms with van der Waals surface area (Å²) >= 11 is 1.26. The lowest BCUT2D eigenvalue weighted by Crippen LogP contribution is -2.22. The Labute approximate surface area is 147 Å². The van der Waals surface area contributed by atoms with E-state index in [-0.39, 0.29) is 12.1 Å². The van der Waals surface area contributed by atoms with E-state index in [1.165, 1.54) is 36.6 Å². The van der Waals surface area contributed by atoms with E-state index in [1.54, 1.807) is 10.6 Å². The molecular weight excluding hydrogens is 343 g/mol. The zero-order valence-corrected chi connectivity index (χ0v) is 14.5. The van der Waals surface area contributed by atoms with Gasteiger partial charge < -0.3 is 9.30 Å². The second-order valence-corrected chi connectivity index (χ2v) is 6.42. The normalized spacial score (nSPS) is 11.7. The summed E-state index contributed by atoms with van der Waals surface area (Å²) in [6, 6.07) is 11.4. The van der Waals surface area contributed by atoms with Crippen molar-refractivity contribution in [3.8, 4) is 0 Å². The first-order valence-electron chi connectivity index (χ1n) is 7.50. The molecule has 0 saturated heterocycles. The van der Waals surface area contributed by atoms with Gasteiger partial charge in [-0.3, -0.25) is 9.59 Å². The highest BCUT2D eigenvalue weighted by atomic mass is 32.1. The fourth-order valence-corrected chi connectivity index (χ4v) is 3.52. The summed E-state index contributed by atoms with van der Waals surface area (Å²) in [7, 11) is 1.29. The van der Waals surface area contributed by atoms with Crippen molar-refractivity contribution in [3.05, 3.63) is 64.2 Å². The molecule has 7 heteroatoms. The number of hydrogen-bond donors (Lipinski definition) is 0. The van der Waals surface area contributed by atoms with Gasteiger partial charge in [0, 0.05) is 0 Å². The number of thiazole rings is 1. The van der Waals surface area contributed by atoms with Gasteiger partial charge in [0.2, 0.25) is 0 Å². The minimum absolute atomic E-state index is 0.0804. The first-order valence-corrected chi connectivity index (χ1v) is 8.31. The smallest absolute Gasteiger partial charge is 0.325 e. The van der Waals surface area contributed by atoms with Crippen LogP contribution in [0.3, 0.4) is 0 Å². The molecule has 1 amide bonds. The van der Waals surface area contributed by atoms with Crippen LogP contribution in [-0.4, -0.2) is 23.6 Å². The molecule has 0 N–H and O–H groups in total. The van der Waals surface area contributed by atoms with Crippen LogP contribution in [0.2, 0.25) is 0 Å². The maximum absolute atomic E-state index is 13.8. The second kappa shape index (κ2) is 6.98. The van der Waals surface area contributed by atoms with Crippen LogP contribution < -0.4 is 4.80 Å². The van der Waals surface area contributed by atoms with Gasteiger partial charge in [0.15, 0.2) is 4.80 Å². The predicted octanol–water partition coefficient (Wildman–Crippen LogP) is 3.06. The molecule has 2 aromatic carbocycles. The third-order valence-electron chi connectivity index (χ3n) is 3.65. The van der Waals surface area contributed by atoms with Crippen LogP contribution in [0.1, 0.15) is 15.9 Å². The molecule has 0 bridgehead atoms. The van der Waals surface area contributed by atoms with Crippen molar-refractivity contribution in [1.29, 1.82) is 0 Å². The van der Waals surface area contributed by atoms with Gasteiger partial charge in [-0.2, -0.15) is 4.99 Å². The molecule has 3 rings (SSSR count). The van der Waals surface area contributed by atoms with Crippen molar-refractivity contribution in [3.63, 3.8) is 0 Å². The molecule has 5 nitrogen and oxygen atoms in total. The molecule has 0 aliphatic heterocycles. The van der Waals surface area contributed by atoms with E-state index in [1.807, 2.05) is 25.1 Å². The highest BCUT2D eigenvalue weighted by Crippen LogP contribution is 2.19. The van der Waals surface area contributed by atoms with Crippen LogP contribution in [0, 0.1) is 12.7 Å². The Hall–Kier alpha value is -2.80. The summed E-state index contributed by atoms with van der Waals surface area (Å²) in [5.74, 6) is -1.78. The summed E-state index contributed by atoms with van der Waals surface area (Å²) in [6.07, 6.45) is 0. The standard InChI is InChI=1S/C18H15FN2O3S/c1-11-7-8-14-15(9-11)25-18(21(14)10-16(22)24-2)20-17(23)12-5-3-4-6-13(12)19/h3-9H,10H2,1-2H3. The zero-order chi connectivity index (χ0) is 18.0. The topological polar surface area (TPSA) is 60.7 Å². The summed E-state index contributed by atoms with van der Waals surface area (Å²) < 4.78 is 21.0. The van der Waals surface area contributed by atoms with Gasteiger partial charge in [-0.05, 0) is 36.8 Å². The first kappa shape index (κ1) is 17.0. The van der Waals surface area contributed by atoms with Crippen molar-refractivity contribution in [2.24, 2.45) is 4.99 Å². The van der Waals surface area contributed by atoms with Crippen molar-refractivity contribution < 1.29 is 18.7 Å². The largest absolute Gasteiger partial charge is 0.468 e. The lowest BCUT2D eigenvalue weighted by atomic mass is 10.2. The fraction of sp³-hybridized carbons (Fsp3) is 0.167. The molecule has 0 unspecified atom stereocenters. The highest BCUT2D eigenvalue weighted by molar-refractivity contribution is 7.16. The maximum atomic E-state index is 13.8. The van der Waals surface area contributed by atoms with Gasteiger partial charge >= 0.3 is 5.97 Å². The van der Waals surface area contributed by atoms with Crippen molar-refractivity contribution >= 4 is 33.4 Å². The molecule has 0 spiro atoms. The number of amides is 1. The minimum Gasteiger partial charge on any atom is -0.468 e. The van der Waals surface area contributed by atoms with Crippen LogP contribution in [-0.2, 0) is 16.1 Å². The number of fused-ring (bicyclic) bond motifs is 1. The van der Waals surface area contributed by atoms with Crippen LogP contribution in [0.15, 0.2) is 47.5 Å². The number of carbonyl (C=O) groups excluding carboxylic acids is 2. The Morgan fingerprint density at radius 1 is 1.24 bits per heavy atom. The number of carbonyl (C=O) groups is 2. The van der Waals surface area contributed by atoms with Crippen LogP contribution in [0.4, 0.5) is 4.39 Å². The Bertz CT molecular complexity index is 1040. The van der Waals surface area contributed by atoms with Gasteiger partial charge in [0.25, 0.3) is 5.91 Å². The second-order valence-electron chi connectivity index (χ2n) is 5.41. The molecule has 0 radical (unpaired) electrons. The minimum atomic E-state index is -0.694. The summed E-state index contributed by atoms with van der Waals surface area (Å²) in [5.41, 5.74) is 1.70. The van der Waals surface area contributed by atoms with Crippen molar-refractivity contribution in [2.45, 2.75) is 13.5 Å². The SMILES string of the molecule is COC(=O)Cn1c(=NC(=O)c2ccccc2F)sc2cc(C)ccc21. The number of aryl methyl sites for hydroxylation is 1. The molecule has 1 aromatic heterocycles. The number of methoxy groups -OCH3 is 1. The number of ether oxygens (including phenoxy) is 1. The predicted molar refractivity (Wildman–Crippen MR) is 92.9 cm³/mol. The van der Waals surface area contributed by atoms with Crippen LogP contribution >= 0.6 is 11.3 Å². The van der Waals surface area contributed by atoms with Gasteiger partial charge in [-0.25, -0.2) is 4.39 Å². The number of hydrogen-bond acceptors (Lipinski definition) is 4. The van der Waals surface area contributed by atoms with E-state index in [2.05, 4.69) is 4.99 Å². The van der Waals surface area contributed by atoms with E-state index < -0.39 is 17.7 Å². The fourth-order valence-electron chi connectivity index (χ4n) is 2.39. The number of esters is 1. The average molecular weight is 358 g/mol. The lowest BCUT2D eigenvalue weighted by molar-refractivity contribution is -0.141. The van der Waals surface area contributed by atoms with E-state index >= 15 is 0 Å². The number of benzene rings is 2. The molecule has 3 aromatic rings. The number of nitrogens with zero attached hydrogens (tertiary/aromatic N) is 2. The van der Waals surface area contributed by atoms with Gasteiger partial charge in [-0.1, -0.05) is 29.5 Å². The van der Waals surface area contributed by atoms with E-state index in [0.29, 0.717) is 4.80 Å². The van der Waals surface area contributed by atoms with E-state index in [4.69, 9.17) is 4.74 Å². The Morgan fingerprint density at radius 2 is 2.00 bits per heavy atom. The molecule has 0 saturated carbocycles. The maximum Gasteiger partial charge on any atom is 0.325 e. The van der Waals surface area contributed by atoms with Crippen LogP contribution in [0.25, 0.3) is 10.2 Å². The third kappa shape index (κ3) is 3.51. The quantitative estimate of drug-likeness (QED) is 0.676. The molecule has 0 aliphatic carbocycles.